The quantitative estimate of drug-likeness (QED) is 0.0544. The summed E-state index contributed by atoms with van der Waals surface area (Å²) in [6, 6.07) is 46.1. The molecule has 11 heteroatoms. The van der Waals surface area contributed by atoms with Crippen molar-refractivity contribution >= 4 is 22.7 Å². The Hall–Kier alpha value is -7.05. The van der Waals surface area contributed by atoms with E-state index in [4.69, 9.17) is 14.2 Å². The second-order valence-corrected chi connectivity index (χ2v) is 17.6. The summed E-state index contributed by atoms with van der Waals surface area (Å²) in [5.74, 6) is 0.484. The average Bonchev–Trinajstić information content (AvgIpc) is 3.37. The van der Waals surface area contributed by atoms with Gasteiger partial charge in [-0.25, -0.2) is 4.79 Å². The number of aromatic hydroxyl groups is 1. The molecule has 0 spiro atoms. The summed E-state index contributed by atoms with van der Waals surface area (Å²) in [6.07, 6.45) is 3.30. The molecule has 6 aromatic carbocycles. The molecular formula is C57H58N2O9. The predicted molar refractivity (Wildman–Crippen MR) is 262 cm³/mol. The van der Waals surface area contributed by atoms with Gasteiger partial charge in [-0.2, -0.15) is 0 Å². The molecule has 0 bridgehead atoms. The molecule has 1 aliphatic rings. The number of ketones is 1. The summed E-state index contributed by atoms with van der Waals surface area (Å²) in [5.41, 5.74) is 4.39. The number of phenols is 1. The molecule has 4 N–H and O–H groups in total. The number of piperidine rings is 1. The highest BCUT2D eigenvalue weighted by molar-refractivity contribution is 5.87. The minimum absolute atomic E-state index is 0.0453. The molecule has 0 saturated carbocycles. The molecule has 1 aliphatic heterocycles. The summed E-state index contributed by atoms with van der Waals surface area (Å²) >= 11 is 0. The van der Waals surface area contributed by atoms with Crippen molar-refractivity contribution in [3.05, 3.63) is 207 Å². The molecule has 0 amide bonds. The third-order valence-electron chi connectivity index (χ3n) is 12.9. The van der Waals surface area contributed by atoms with Crippen LogP contribution in [-0.2, 0) is 52.3 Å². The molecule has 7 aromatic rings. The van der Waals surface area contributed by atoms with Gasteiger partial charge < -0.3 is 34.5 Å². The minimum Gasteiger partial charge on any atom is -0.506 e. The molecule has 0 unspecified atom stereocenters. The molecule has 1 saturated heterocycles. The Morgan fingerprint density at radius 1 is 0.765 bits per heavy atom. The van der Waals surface area contributed by atoms with Crippen molar-refractivity contribution in [2.75, 3.05) is 20.2 Å². The number of phenolic OH excluding ortho intramolecular Hbond substituents is 1. The zero-order valence-electron chi connectivity index (χ0n) is 38.3. The number of carbonyl (C=O) groups excluding carboxylic acids is 2. The van der Waals surface area contributed by atoms with Gasteiger partial charge in [0.25, 0.3) is 0 Å². The van der Waals surface area contributed by atoms with Crippen molar-refractivity contribution in [1.82, 2.24) is 9.88 Å². The van der Waals surface area contributed by atoms with E-state index in [-0.39, 0.29) is 36.2 Å². The number of nitrogens with one attached hydrogen (secondary N) is 1. The number of methoxy groups -OCH3 is 1. The number of esters is 1. The first kappa shape index (κ1) is 47.4. The number of carbonyl (C=O) groups is 2. The predicted octanol–water partition coefficient (Wildman–Crippen LogP) is 9.07. The van der Waals surface area contributed by atoms with Crippen molar-refractivity contribution in [3.63, 3.8) is 0 Å². The number of aliphatic hydroxyl groups is 2. The Kier molecular flexibility index (Phi) is 15.5. The van der Waals surface area contributed by atoms with Gasteiger partial charge >= 0.3 is 5.97 Å². The second-order valence-electron chi connectivity index (χ2n) is 17.6. The van der Waals surface area contributed by atoms with Crippen LogP contribution < -0.4 is 15.0 Å². The zero-order chi connectivity index (χ0) is 47.5. The number of benzene rings is 6. The molecular weight excluding hydrogens is 857 g/mol. The zero-order valence-corrected chi connectivity index (χ0v) is 38.3. The number of aliphatic hydroxyl groups excluding tert-OH is 1. The monoisotopic (exact) mass is 914 g/mol. The number of nitrogens with zero attached hydrogens (tertiary/aromatic N) is 1. The lowest BCUT2D eigenvalue weighted by molar-refractivity contribution is -0.170. The second kappa shape index (κ2) is 22.2. The van der Waals surface area contributed by atoms with Gasteiger partial charge in [0.2, 0.25) is 11.2 Å². The Morgan fingerprint density at radius 2 is 1.47 bits per heavy atom. The van der Waals surface area contributed by atoms with E-state index in [0.29, 0.717) is 84.0 Å². The number of aromatic amines is 1. The third kappa shape index (κ3) is 11.7. The Morgan fingerprint density at radius 3 is 2.22 bits per heavy atom. The Balaban J connectivity index is 0.810. The molecule has 1 aromatic heterocycles. The number of aromatic nitrogens is 1. The number of fused-ring (bicyclic) bond motifs is 1. The maximum absolute atomic E-state index is 14.0. The normalized spacial score (nSPS) is 14.5. The number of Topliss-reactive ketones (excluding diaryl/α,β-unsaturated/α-hetero) is 1. The largest absolute Gasteiger partial charge is 0.506 e. The first-order chi connectivity index (χ1) is 33.0. The lowest BCUT2D eigenvalue weighted by Gasteiger charge is -2.34. The van der Waals surface area contributed by atoms with E-state index in [2.05, 4.69) is 22.0 Å². The highest BCUT2D eigenvalue weighted by Crippen LogP contribution is 2.35. The van der Waals surface area contributed by atoms with Gasteiger partial charge in [-0.15, -0.1) is 0 Å². The molecule has 11 nitrogen and oxygen atoms in total. The van der Waals surface area contributed by atoms with Crippen molar-refractivity contribution < 1.29 is 39.1 Å². The van der Waals surface area contributed by atoms with Crippen LogP contribution in [0.4, 0.5) is 0 Å². The van der Waals surface area contributed by atoms with Gasteiger partial charge in [0.15, 0.2) is 0 Å². The smallest absolute Gasteiger partial charge is 0.347 e. The van der Waals surface area contributed by atoms with Crippen LogP contribution in [0.3, 0.4) is 0 Å². The molecule has 1 fully saturated rings. The van der Waals surface area contributed by atoms with Crippen LogP contribution >= 0.6 is 0 Å². The topological polar surface area (TPSA) is 159 Å². The molecule has 8 rings (SSSR count). The summed E-state index contributed by atoms with van der Waals surface area (Å²) in [4.78, 5) is 44.0. The number of ether oxygens (including phenoxy) is 3. The van der Waals surface area contributed by atoms with E-state index < -0.39 is 17.7 Å². The lowest BCUT2D eigenvalue weighted by Crippen LogP contribution is -2.43. The maximum atomic E-state index is 14.0. The molecule has 68 heavy (non-hydrogen) atoms. The number of rotatable bonds is 20. The third-order valence-corrected chi connectivity index (χ3v) is 12.9. The van der Waals surface area contributed by atoms with Crippen molar-refractivity contribution in [2.24, 2.45) is 0 Å². The van der Waals surface area contributed by atoms with Crippen LogP contribution in [0.2, 0.25) is 0 Å². The summed E-state index contributed by atoms with van der Waals surface area (Å²) in [5, 5.41) is 34.1. The summed E-state index contributed by atoms with van der Waals surface area (Å²) in [7, 11) is 1.60. The summed E-state index contributed by atoms with van der Waals surface area (Å²) < 4.78 is 17.9. The number of hydrogen-bond donors (Lipinski definition) is 4. The van der Waals surface area contributed by atoms with Crippen LogP contribution in [-0.4, -0.2) is 63.3 Å². The van der Waals surface area contributed by atoms with Gasteiger partial charge in [0.1, 0.15) is 35.7 Å². The van der Waals surface area contributed by atoms with Gasteiger partial charge in [-0.3, -0.25) is 14.5 Å². The van der Waals surface area contributed by atoms with E-state index in [1.165, 1.54) is 17.7 Å². The van der Waals surface area contributed by atoms with Crippen LogP contribution in [0.15, 0.2) is 156 Å². The van der Waals surface area contributed by atoms with Gasteiger partial charge in [-0.05, 0) is 102 Å². The van der Waals surface area contributed by atoms with E-state index >= 15 is 0 Å². The van der Waals surface area contributed by atoms with Crippen molar-refractivity contribution in [2.45, 2.75) is 82.3 Å². The van der Waals surface area contributed by atoms with Crippen molar-refractivity contribution in [1.29, 1.82) is 0 Å². The highest BCUT2D eigenvalue weighted by Gasteiger charge is 2.43. The summed E-state index contributed by atoms with van der Waals surface area (Å²) in [6.45, 7) is 2.68. The highest BCUT2D eigenvalue weighted by atomic mass is 16.6. The SMILES string of the molecule is COc1cc(CCC[C@H](O)c2ccc(O)c3[nH]c(=O)ccc23)ccc1CC(=O)CCc1ccc(COc2cccc([C@](O)(C(=O)OC3CCN(Cc4ccccc4)CC3)c3ccccc3)c2)cc1. The van der Waals surface area contributed by atoms with Crippen LogP contribution in [0, 0.1) is 0 Å². The van der Waals surface area contributed by atoms with E-state index in [1.807, 2.05) is 66.7 Å². The molecule has 0 aliphatic carbocycles. The Labute approximate surface area is 396 Å². The standard InChI is InChI=1S/C57H58N2O9/c1-66-53-34-40(12-8-17-51(61)49-26-28-52(62)55-50(49)27-29-54(63)58-55)22-24-43(53)35-46(60)25-23-39-18-20-42(21-19-39)38-67-48-16-9-15-45(36-48)57(65,44-13-6-3-7-14-44)56(64)68-47-30-32-59(33-31-47)37-41-10-4-2-5-11-41/h2-7,9-11,13-16,18-22,24,26-29,34,36,47,51,61-62,65H,8,12,17,23,25,30-33,35,37-38H2,1H3,(H,58,63)/t51-,57-/m0/s1. The van der Waals surface area contributed by atoms with E-state index in [1.54, 1.807) is 67.8 Å². The van der Waals surface area contributed by atoms with E-state index in [9.17, 15) is 29.7 Å². The maximum Gasteiger partial charge on any atom is 0.347 e. The fourth-order valence-corrected chi connectivity index (χ4v) is 9.00. The number of likely N-dealkylation sites (tertiary alicyclic amines) is 1. The van der Waals surface area contributed by atoms with Crippen molar-refractivity contribution in [3.8, 4) is 17.2 Å². The van der Waals surface area contributed by atoms with Crippen LogP contribution in [0.1, 0.15) is 82.7 Å². The molecule has 2 heterocycles. The minimum atomic E-state index is -2.04. The van der Waals surface area contributed by atoms with Crippen LogP contribution in [0.5, 0.6) is 17.2 Å². The number of hydrogen-bond acceptors (Lipinski definition) is 10. The molecule has 2 atom stereocenters. The first-order valence-electron chi connectivity index (χ1n) is 23.3. The van der Waals surface area contributed by atoms with Gasteiger partial charge in [0.05, 0.1) is 18.7 Å². The molecule has 350 valence electrons. The fourth-order valence-electron chi connectivity index (χ4n) is 9.00. The fraction of sp³-hybridized carbons (Fsp3) is 0.281. The van der Waals surface area contributed by atoms with E-state index in [0.717, 1.165) is 41.9 Å². The first-order valence-corrected chi connectivity index (χ1v) is 23.3. The van der Waals surface area contributed by atoms with Gasteiger partial charge in [0, 0.05) is 55.1 Å². The van der Waals surface area contributed by atoms with Crippen LogP contribution in [0.25, 0.3) is 10.9 Å². The Bertz CT molecular complexity index is 2860. The average molecular weight is 915 g/mol. The number of H-pyrrole nitrogens is 1. The van der Waals surface area contributed by atoms with Gasteiger partial charge in [-0.1, -0.05) is 115 Å². The number of aryl methyl sites for hydroxylation is 2. The lowest BCUT2D eigenvalue weighted by atomic mass is 9.86. The number of pyridine rings is 1. The molecule has 0 radical (unpaired) electrons.